The molecule has 2 aliphatic heterocycles. The van der Waals surface area contributed by atoms with Crippen LogP contribution in [0.1, 0.15) is 24.8 Å². The third-order valence-corrected chi connectivity index (χ3v) is 4.44. The van der Waals surface area contributed by atoms with E-state index in [2.05, 4.69) is 40.1 Å². The Balaban J connectivity index is 1.52. The number of rotatable bonds is 3. The molecule has 1 N–H and O–H groups in total. The van der Waals surface area contributed by atoms with Crippen LogP contribution < -0.4 is 0 Å². The summed E-state index contributed by atoms with van der Waals surface area (Å²) in [5, 5.41) is 9.79. The van der Waals surface area contributed by atoms with Gasteiger partial charge < -0.3 is 5.11 Å². The van der Waals surface area contributed by atoms with Gasteiger partial charge in [0.25, 0.3) is 0 Å². The van der Waals surface area contributed by atoms with E-state index >= 15 is 0 Å². The highest BCUT2D eigenvalue weighted by atomic mass is 16.3. The predicted octanol–water partition coefficient (Wildman–Crippen LogP) is 1.72. The molecule has 0 radical (unpaired) electrons. The summed E-state index contributed by atoms with van der Waals surface area (Å²) in [4.78, 5) is 5.04. The highest BCUT2D eigenvalue weighted by Gasteiger charge is 2.30. The summed E-state index contributed by atoms with van der Waals surface area (Å²) in [5.41, 5.74) is 1.40. The van der Waals surface area contributed by atoms with Crippen molar-refractivity contribution in [1.29, 1.82) is 0 Å². The maximum atomic E-state index is 9.79. The summed E-state index contributed by atoms with van der Waals surface area (Å²) in [6.45, 7) is 5.45. The molecule has 0 spiro atoms. The van der Waals surface area contributed by atoms with Crippen LogP contribution >= 0.6 is 0 Å². The van der Waals surface area contributed by atoms with Crippen LogP contribution in [-0.2, 0) is 6.54 Å². The van der Waals surface area contributed by atoms with Crippen molar-refractivity contribution in [3.05, 3.63) is 35.9 Å². The Labute approximate surface area is 115 Å². The van der Waals surface area contributed by atoms with E-state index in [0.29, 0.717) is 6.04 Å². The minimum Gasteiger partial charge on any atom is -0.392 e. The van der Waals surface area contributed by atoms with Crippen LogP contribution in [0.3, 0.4) is 0 Å². The maximum Gasteiger partial charge on any atom is 0.0667 e. The van der Waals surface area contributed by atoms with Crippen LogP contribution in [-0.4, -0.2) is 53.2 Å². The van der Waals surface area contributed by atoms with Crippen molar-refractivity contribution in [2.75, 3.05) is 26.2 Å². The lowest BCUT2D eigenvalue weighted by Gasteiger charge is -2.34. The van der Waals surface area contributed by atoms with Crippen molar-refractivity contribution in [1.82, 2.24) is 9.80 Å². The fraction of sp³-hybridized carbons (Fsp3) is 0.625. The van der Waals surface area contributed by atoms with E-state index in [1.54, 1.807) is 0 Å². The Morgan fingerprint density at radius 3 is 2.68 bits per heavy atom. The van der Waals surface area contributed by atoms with Gasteiger partial charge in [-0.25, -0.2) is 0 Å². The SMILES string of the molecule is OC1CCCN(C2CCN(Cc3ccccc3)C2)C1. The molecule has 19 heavy (non-hydrogen) atoms. The molecular weight excluding hydrogens is 236 g/mol. The minimum absolute atomic E-state index is 0.100. The van der Waals surface area contributed by atoms with Crippen LogP contribution in [0.4, 0.5) is 0 Å². The number of aliphatic hydroxyl groups is 1. The summed E-state index contributed by atoms with van der Waals surface area (Å²) < 4.78 is 0. The highest BCUT2D eigenvalue weighted by molar-refractivity contribution is 5.14. The number of aliphatic hydroxyl groups excluding tert-OH is 1. The Morgan fingerprint density at radius 2 is 1.89 bits per heavy atom. The molecule has 2 unspecified atom stereocenters. The molecule has 3 nitrogen and oxygen atoms in total. The fourth-order valence-corrected chi connectivity index (χ4v) is 3.41. The van der Waals surface area contributed by atoms with Crippen LogP contribution in [0, 0.1) is 0 Å². The normalized spacial score (nSPS) is 29.7. The first kappa shape index (κ1) is 13.1. The summed E-state index contributed by atoms with van der Waals surface area (Å²) in [6.07, 6.45) is 3.28. The van der Waals surface area contributed by atoms with Gasteiger partial charge in [0.15, 0.2) is 0 Å². The fourth-order valence-electron chi connectivity index (χ4n) is 3.41. The van der Waals surface area contributed by atoms with Gasteiger partial charge in [0.05, 0.1) is 6.10 Å². The Hall–Kier alpha value is -0.900. The standard InChI is InChI=1S/C16H24N2O/c19-16-7-4-9-18(13-16)15-8-10-17(12-15)11-14-5-2-1-3-6-14/h1-3,5-6,15-16,19H,4,7-13H2. The van der Waals surface area contributed by atoms with Gasteiger partial charge in [0.1, 0.15) is 0 Å². The number of hydrogen-bond acceptors (Lipinski definition) is 3. The molecule has 0 aliphatic carbocycles. The second-order valence-electron chi connectivity index (χ2n) is 5.95. The molecule has 3 heteroatoms. The number of benzene rings is 1. The van der Waals surface area contributed by atoms with Gasteiger partial charge in [-0.15, -0.1) is 0 Å². The third kappa shape index (κ3) is 3.35. The molecule has 2 atom stereocenters. The van der Waals surface area contributed by atoms with Crippen molar-refractivity contribution in [3.63, 3.8) is 0 Å². The average molecular weight is 260 g/mol. The molecule has 2 fully saturated rings. The maximum absolute atomic E-state index is 9.79. The first-order chi connectivity index (χ1) is 9.31. The van der Waals surface area contributed by atoms with Crippen molar-refractivity contribution < 1.29 is 5.11 Å². The Kier molecular flexibility index (Phi) is 4.16. The first-order valence-electron chi connectivity index (χ1n) is 7.49. The minimum atomic E-state index is -0.100. The molecule has 2 saturated heterocycles. The molecule has 104 valence electrons. The average Bonchev–Trinajstić information content (AvgIpc) is 2.88. The zero-order chi connectivity index (χ0) is 13.1. The molecule has 1 aromatic carbocycles. The molecule has 0 amide bonds. The highest BCUT2D eigenvalue weighted by Crippen LogP contribution is 2.21. The van der Waals surface area contributed by atoms with Gasteiger partial charge >= 0.3 is 0 Å². The van der Waals surface area contributed by atoms with E-state index in [0.717, 1.165) is 32.5 Å². The van der Waals surface area contributed by atoms with E-state index in [-0.39, 0.29) is 6.10 Å². The van der Waals surface area contributed by atoms with E-state index in [4.69, 9.17) is 0 Å². The largest absolute Gasteiger partial charge is 0.392 e. The molecule has 1 aromatic rings. The summed E-state index contributed by atoms with van der Waals surface area (Å²) in [7, 11) is 0. The van der Waals surface area contributed by atoms with Gasteiger partial charge in [-0.3, -0.25) is 9.80 Å². The van der Waals surface area contributed by atoms with Gasteiger partial charge in [0, 0.05) is 32.2 Å². The molecule has 0 saturated carbocycles. The van der Waals surface area contributed by atoms with Gasteiger partial charge in [0.2, 0.25) is 0 Å². The van der Waals surface area contributed by atoms with Crippen LogP contribution in [0.15, 0.2) is 30.3 Å². The van der Waals surface area contributed by atoms with Crippen LogP contribution in [0.5, 0.6) is 0 Å². The lowest BCUT2D eigenvalue weighted by Crippen LogP contribution is -2.45. The zero-order valence-electron chi connectivity index (χ0n) is 11.5. The molecule has 3 rings (SSSR count). The topological polar surface area (TPSA) is 26.7 Å². The molecule has 0 aromatic heterocycles. The lowest BCUT2D eigenvalue weighted by molar-refractivity contribution is 0.0481. The second kappa shape index (κ2) is 6.04. The quantitative estimate of drug-likeness (QED) is 0.896. The number of likely N-dealkylation sites (tertiary alicyclic amines) is 2. The number of nitrogens with zero attached hydrogens (tertiary/aromatic N) is 2. The zero-order valence-corrected chi connectivity index (χ0v) is 11.5. The predicted molar refractivity (Wildman–Crippen MR) is 76.9 cm³/mol. The molecule has 0 bridgehead atoms. The van der Waals surface area contributed by atoms with E-state index in [9.17, 15) is 5.11 Å². The number of piperidine rings is 1. The van der Waals surface area contributed by atoms with E-state index in [1.807, 2.05) is 0 Å². The molecule has 2 aliphatic rings. The van der Waals surface area contributed by atoms with Crippen molar-refractivity contribution in [3.8, 4) is 0 Å². The van der Waals surface area contributed by atoms with Crippen molar-refractivity contribution in [2.24, 2.45) is 0 Å². The summed E-state index contributed by atoms with van der Waals surface area (Å²) in [5.74, 6) is 0. The first-order valence-corrected chi connectivity index (χ1v) is 7.49. The summed E-state index contributed by atoms with van der Waals surface area (Å²) in [6, 6.07) is 11.4. The number of β-amino-alcohol motifs (C(OH)–C–C–N with tert-alkyl or cyclic N) is 1. The van der Waals surface area contributed by atoms with E-state index in [1.165, 1.54) is 25.1 Å². The van der Waals surface area contributed by atoms with Gasteiger partial charge in [-0.05, 0) is 31.4 Å². The number of hydrogen-bond donors (Lipinski definition) is 1. The molecular formula is C16H24N2O. The van der Waals surface area contributed by atoms with E-state index < -0.39 is 0 Å². The lowest BCUT2D eigenvalue weighted by atomic mass is 10.1. The van der Waals surface area contributed by atoms with Crippen molar-refractivity contribution >= 4 is 0 Å². The molecule has 2 heterocycles. The van der Waals surface area contributed by atoms with Crippen LogP contribution in [0.2, 0.25) is 0 Å². The Morgan fingerprint density at radius 1 is 1.05 bits per heavy atom. The monoisotopic (exact) mass is 260 g/mol. The van der Waals surface area contributed by atoms with Gasteiger partial charge in [-0.2, -0.15) is 0 Å². The second-order valence-corrected chi connectivity index (χ2v) is 5.95. The smallest absolute Gasteiger partial charge is 0.0667 e. The third-order valence-electron chi connectivity index (χ3n) is 4.44. The van der Waals surface area contributed by atoms with Crippen molar-refractivity contribution in [2.45, 2.75) is 38.0 Å². The van der Waals surface area contributed by atoms with Crippen LogP contribution in [0.25, 0.3) is 0 Å². The van der Waals surface area contributed by atoms with Gasteiger partial charge in [-0.1, -0.05) is 30.3 Å². The Bertz CT molecular complexity index is 395. The summed E-state index contributed by atoms with van der Waals surface area (Å²) >= 11 is 0.